The molecule has 1 aliphatic heterocycles. The van der Waals surface area contributed by atoms with Gasteiger partial charge >= 0.3 is 0 Å². The summed E-state index contributed by atoms with van der Waals surface area (Å²) in [4.78, 5) is 31.4. The fourth-order valence-corrected chi connectivity index (χ4v) is 3.73. The molecule has 1 amide bonds. The first-order valence-corrected chi connectivity index (χ1v) is 10.4. The molecule has 0 saturated carbocycles. The number of amides is 1. The van der Waals surface area contributed by atoms with Gasteiger partial charge in [-0.05, 0) is 29.8 Å². The first kappa shape index (κ1) is 21.6. The average Bonchev–Trinajstić information content (AvgIpc) is 3.28. The Morgan fingerprint density at radius 1 is 1.12 bits per heavy atom. The monoisotopic (exact) mass is 438 g/mol. The minimum Gasteiger partial charge on any atom is -0.441 e. The summed E-state index contributed by atoms with van der Waals surface area (Å²) >= 11 is 0. The molecular weight excluding hydrogens is 415 g/mol. The lowest BCUT2D eigenvalue weighted by atomic mass is 10.1. The topological polar surface area (TPSA) is 92.7 Å². The van der Waals surface area contributed by atoms with Crippen LogP contribution in [-0.2, 0) is 17.8 Å². The fraction of sp³-hybridized carbons (Fsp3) is 0.304. The van der Waals surface area contributed by atoms with Crippen molar-refractivity contribution in [3.8, 4) is 11.3 Å². The zero-order valence-corrected chi connectivity index (χ0v) is 17.4. The van der Waals surface area contributed by atoms with Gasteiger partial charge < -0.3 is 9.32 Å². The number of non-ortho nitro benzene ring substituents is 1. The van der Waals surface area contributed by atoms with E-state index < -0.39 is 4.92 Å². The third kappa shape index (κ3) is 5.36. The summed E-state index contributed by atoms with van der Waals surface area (Å²) in [7, 11) is 0. The maximum Gasteiger partial charge on any atom is 0.269 e. The number of oxazole rings is 1. The van der Waals surface area contributed by atoms with Gasteiger partial charge in [-0.3, -0.25) is 19.8 Å². The van der Waals surface area contributed by atoms with Gasteiger partial charge in [0.05, 0.1) is 11.1 Å². The van der Waals surface area contributed by atoms with Crippen LogP contribution in [-0.4, -0.2) is 51.8 Å². The molecular formula is C23H23FN4O4. The largest absolute Gasteiger partial charge is 0.441 e. The lowest BCUT2D eigenvalue weighted by Gasteiger charge is -2.34. The van der Waals surface area contributed by atoms with E-state index >= 15 is 0 Å². The van der Waals surface area contributed by atoms with E-state index in [4.69, 9.17) is 4.42 Å². The van der Waals surface area contributed by atoms with Crippen LogP contribution in [0.3, 0.4) is 0 Å². The summed E-state index contributed by atoms with van der Waals surface area (Å²) in [6, 6.07) is 12.6. The molecule has 1 saturated heterocycles. The Kier molecular flexibility index (Phi) is 6.55. The third-order valence-corrected chi connectivity index (χ3v) is 5.49. The molecule has 1 aromatic heterocycles. The van der Waals surface area contributed by atoms with Gasteiger partial charge in [0.15, 0.2) is 11.7 Å². The van der Waals surface area contributed by atoms with Crippen LogP contribution in [0.25, 0.3) is 11.3 Å². The number of piperazine rings is 1. The van der Waals surface area contributed by atoms with Crippen molar-refractivity contribution in [2.24, 2.45) is 0 Å². The second-order valence-corrected chi connectivity index (χ2v) is 7.71. The van der Waals surface area contributed by atoms with E-state index in [9.17, 15) is 19.3 Å². The van der Waals surface area contributed by atoms with Crippen molar-refractivity contribution >= 4 is 11.6 Å². The smallest absolute Gasteiger partial charge is 0.269 e. The number of halogens is 1. The van der Waals surface area contributed by atoms with E-state index in [1.807, 2.05) is 11.0 Å². The van der Waals surface area contributed by atoms with Gasteiger partial charge in [0.25, 0.3) is 5.69 Å². The highest BCUT2D eigenvalue weighted by atomic mass is 19.1. The van der Waals surface area contributed by atoms with Crippen LogP contribution in [0.5, 0.6) is 0 Å². The highest BCUT2D eigenvalue weighted by molar-refractivity contribution is 5.76. The van der Waals surface area contributed by atoms with E-state index in [1.54, 1.807) is 30.5 Å². The third-order valence-electron chi connectivity index (χ3n) is 5.49. The number of aromatic nitrogens is 1. The summed E-state index contributed by atoms with van der Waals surface area (Å²) < 4.78 is 18.8. The molecule has 0 unspecified atom stereocenters. The summed E-state index contributed by atoms with van der Waals surface area (Å²) in [6.07, 6.45) is 2.28. The molecule has 8 nitrogen and oxygen atoms in total. The van der Waals surface area contributed by atoms with E-state index in [2.05, 4.69) is 9.88 Å². The van der Waals surface area contributed by atoms with Gasteiger partial charge in [0, 0.05) is 63.3 Å². The maximum atomic E-state index is 13.1. The van der Waals surface area contributed by atoms with Crippen molar-refractivity contribution in [2.45, 2.75) is 19.4 Å². The van der Waals surface area contributed by atoms with Crippen LogP contribution < -0.4 is 0 Å². The van der Waals surface area contributed by atoms with Crippen molar-refractivity contribution in [1.29, 1.82) is 0 Å². The number of nitro benzene ring substituents is 1. The second kappa shape index (κ2) is 9.69. The van der Waals surface area contributed by atoms with Crippen molar-refractivity contribution in [3.63, 3.8) is 0 Å². The van der Waals surface area contributed by atoms with Gasteiger partial charge in [0.2, 0.25) is 5.91 Å². The zero-order valence-electron chi connectivity index (χ0n) is 17.4. The molecule has 9 heteroatoms. The number of carbonyl (C=O) groups excluding carboxylic acids is 1. The molecule has 166 valence electrons. The molecule has 1 aliphatic rings. The molecule has 0 aliphatic carbocycles. The molecule has 0 spiro atoms. The maximum absolute atomic E-state index is 13.1. The molecule has 0 atom stereocenters. The number of nitrogens with zero attached hydrogens (tertiary/aromatic N) is 4. The number of nitro groups is 1. The number of hydrogen-bond acceptors (Lipinski definition) is 6. The lowest BCUT2D eigenvalue weighted by Crippen LogP contribution is -2.48. The van der Waals surface area contributed by atoms with Gasteiger partial charge in [-0.1, -0.05) is 12.1 Å². The Morgan fingerprint density at radius 2 is 1.88 bits per heavy atom. The van der Waals surface area contributed by atoms with Gasteiger partial charge in [-0.25, -0.2) is 9.37 Å². The van der Waals surface area contributed by atoms with Gasteiger partial charge in [-0.2, -0.15) is 0 Å². The highest BCUT2D eigenvalue weighted by Gasteiger charge is 2.22. The summed E-state index contributed by atoms with van der Waals surface area (Å²) in [6.45, 7) is 3.26. The summed E-state index contributed by atoms with van der Waals surface area (Å²) in [5, 5.41) is 10.9. The standard InChI is InChI=1S/C23H23FN4O4/c24-19-6-4-18(5-7-19)21-15-25-22(32-21)8-9-23(29)27-12-10-26(11-13-27)16-17-2-1-3-20(14-17)28(30)31/h1-7,14-15H,8-13,16H2. The first-order chi connectivity index (χ1) is 15.5. The van der Waals surface area contributed by atoms with E-state index in [-0.39, 0.29) is 17.4 Å². The Labute approximate surface area is 184 Å². The molecule has 32 heavy (non-hydrogen) atoms. The van der Waals surface area contributed by atoms with Crippen LogP contribution in [0.4, 0.5) is 10.1 Å². The summed E-state index contributed by atoms with van der Waals surface area (Å²) in [5.74, 6) is 0.745. The van der Waals surface area contributed by atoms with Crippen LogP contribution in [0.2, 0.25) is 0 Å². The van der Waals surface area contributed by atoms with Crippen LogP contribution >= 0.6 is 0 Å². The molecule has 4 rings (SSSR count). The van der Waals surface area contributed by atoms with Gasteiger partial charge in [-0.15, -0.1) is 0 Å². The van der Waals surface area contributed by atoms with Crippen molar-refractivity contribution < 1.29 is 18.5 Å². The second-order valence-electron chi connectivity index (χ2n) is 7.71. The van der Waals surface area contributed by atoms with E-state index in [0.717, 1.165) is 11.1 Å². The molecule has 0 radical (unpaired) electrons. The fourth-order valence-electron chi connectivity index (χ4n) is 3.73. The Balaban J connectivity index is 1.24. The van der Waals surface area contributed by atoms with Crippen LogP contribution in [0.1, 0.15) is 17.9 Å². The van der Waals surface area contributed by atoms with Crippen LogP contribution in [0.15, 0.2) is 59.1 Å². The van der Waals surface area contributed by atoms with E-state index in [0.29, 0.717) is 57.2 Å². The number of hydrogen-bond donors (Lipinski definition) is 0. The van der Waals surface area contributed by atoms with Gasteiger partial charge in [0.1, 0.15) is 5.82 Å². The number of aryl methyl sites for hydroxylation is 1. The minimum absolute atomic E-state index is 0.0431. The molecule has 0 N–H and O–H groups in total. The predicted octanol–water partition coefficient (Wildman–Crippen LogP) is 3.67. The zero-order chi connectivity index (χ0) is 22.5. The first-order valence-electron chi connectivity index (χ1n) is 10.4. The minimum atomic E-state index is -0.392. The Bertz CT molecular complexity index is 1090. The number of benzene rings is 2. The lowest BCUT2D eigenvalue weighted by molar-refractivity contribution is -0.384. The number of rotatable bonds is 7. The van der Waals surface area contributed by atoms with E-state index in [1.165, 1.54) is 18.2 Å². The SMILES string of the molecule is O=C(CCc1ncc(-c2ccc(F)cc2)o1)N1CCN(Cc2cccc([N+](=O)[O-])c2)CC1. The van der Waals surface area contributed by atoms with Crippen molar-refractivity contribution in [3.05, 3.63) is 82.1 Å². The van der Waals surface area contributed by atoms with Crippen molar-refractivity contribution in [2.75, 3.05) is 26.2 Å². The molecule has 0 bridgehead atoms. The normalized spacial score (nSPS) is 14.5. The average molecular weight is 438 g/mol. The predicted molar refractivity (Wildman–Crippen MR) is 115 cm³/mol. The summed E-state index contributed by atoms with van der Waals surface area (Å²) in [5.41, 5.74) is 1.71. The molecule has 2 heterocycles. The Hall–Kier alpha value is -3.59. The molecule has 3 aromatic rings. The van der Waals surface area contributed by atoms with Crippen molar-refractivity contribution in [1.82, 2.24) is 14.8 Å². The molecule has 2 aromatic carbocycles. The number of carbonyl (C=O) groups is 1. The Morgan fingerprint density at radius 3 is 2.59 bits per heavy atom. The molecule has 1 fully saturated rings. The highest BCUT2D eigenvalue weighted by Crippen LogP contribution is 2.21. The van der Waals surface area contributed by atoms with Crippen LogP contribution in [0, 0.1) is 15.9 Å². The quantitative estimate of drug-likeness (QED) is 0.413.